The normalized spacial score (nSPS) is 12.6. The van der Waals surface area contributed by atoms with Crippen LogP contribution in [0.3, 0.4) is 0 Å². The number of hydrogen-bond acceptors (Lipinski definition) is 4. The molecule has 0 bridgehead atoms. The summed E-state index contributed by atoms with van der Waals surface area (Å²) in [6.07, 6.45) is 6.05. The number of aromatic nitrogens is 4. The van der Waals surface area contributed by atoms with Crippen molar-refractivity contribution in [3.63, 3.8) is 0 Å². The van der Waals surface area contributed by atoms with Gasteiger partial charge in [-0.15, -0.1) is 0 Å². The molecule has 6 heteroatoms. The molecule has 0 saturated carbocycles. The van der Waals surface area contributed by atoms with Crippen molar-refractivity contribution in [3.05, 3.63) is 40.6 Å². The van der Waals surface area contributed by atoms with Crippen LogP contribution < -0.4 is 5.32 Å². The second kappa shape index (κ2) is 6.06. The largest absolute Gasteiger partial charge is 0.313 e. The van der Waals surface area contributed by atoms with E-state index in [9.17, 15) is 0 Å². The van der Waals surface area contributed by atoms with E-state index in [1.807, 2.05) is 17.9 Å². The number of hydrogen-bond donors (Lipinski definition) is 1. The topological polar surface area (TPSA) is 55.6 Å². The summed E-state index contributed by atoms with van der Waals surface area (Å²) in [4.78, 5) is 8.50. The second-order valence-electron chi connectivity index (χ2n) is 3.97. The van der Waals surface area contributed by atoms with E-state index < -0.39 is 0 Å². The molecule has 0 aliphatic rings. The van der Waals surface area contributed by atoms with Crippen LogP contribution in [0.2, 0.25) is 0 Å². The molecule has 18 heavy (non-hydrogen) atoms. The van der Waals surface area contributed by atoms with Gasteiger partial charge in [0.2, 0.25) is 0 Å². The van der Waals surface area contributed by atoms with Gasteiger partial charge in [0, 0.05) is 35.9 Å². The first-order chi connectivity index (χ1) is 8.74. The van der Waals surface area contributed by atoms with Gasteiger partial charge in [0.1, 0.15) is 12.2 Å². The van der Waals surface area contributed by atoms with Crippen molar-refractivity contribution < 1.29 is 0 Å². The molecule has 0 aliphatic heterocycles. The Hall–Kier alpha value is -1.27. The number of rotatable bonds is 5. The number of likely N-dealkylation sites (N-methyl/N-ethyl adjacent to an activating group) is 1. The zero-order valence-corrected chi connectivity index (χ0v) is 12.1. The number of pyridine rings is 1. The Morgan fingerprint density at radius 1 is 1.44 bits per heavy atom. The van der Waals surface area contributed by atoms with Gasteiger partial charge in [-0.3, -0.25) is 9.67 Å². The van der Waals surface area contributed by atoms with Crippen LogP contribution in [0.15, 0.2) is 29.3 Å². The lowest BCUT2D eigenvalue weighted by atomic mass is 10.1. The van der Waals surface area contributed by atoms with Gasteiger partial charge in [-0.25, -0.2) is 4.98 Å². The SMILES string of the molecule is CCn1ncnc1CC(NC)c1cncc(Br)c1. The highest BCUT2D eigenvalue weighted by atomic mass is 79.9. The standard InChI is InChI=1S/C12H16BrN5/c1-3-18-12(16-8-17-18)5-11(14-2)9-4-10(13)7-15-6-9/h4,6-8,11,14H,3,5H2,1-2H3. The molecule has 2 rings (SSSR count). The van der Waals surface area contributed by atoms with Crippen LogP contribution in [0.1, 0.15) is 24.4 Å². The van der Waals surface area contributed by atoms with E-state index >= 15 is 0 Å². The smallest absolute Gasteiger partial charge is 0.138 e. The van der Waals surface area contributed by atoms with Crippen molar-refractivity contribution in [2.45, 2.75) is 25.9 Å². The lowest BCUT2D eigenvalue weighted by molar-refractivity contribution is 0.532. The summed E-state index contributed by atoms with van der Waals surface area (Å²) in [7, 11) is 1.94. The fourth-order valence-electron chi connectivity index (χ4n) is 1.90. The van der Waals surface area contributed by atoms with Gasteiger partial charge in [-0.1, -0.05) is 0 Å². The summed E-state index contributed by atoms with van der Waals surface area (Å²) in [6, 6.07) is 2.25. The molecule has 0 amide bonds. The summed E-state index contributed by atoms with van der Waals surface area (Å²) in [5, 5.41) is 7.48. The van der Waals surface area contributed by atoms with Crippen LogP contribution in [0, 0.1) is 0 Å². The summed E-state index contributed by atoms with van der Waals surface area (Å²) in [5.74, 6) is 0.983. The first-order valence-corrected chi connectivity index (χ1v) is 6.68. The van der Waals surface area contributed by atoms with Gasteiger partial charge in [-0.2, -0.15) is 5.10 Å². The van der Waals surface area contributed by atoms with Crippen molar-refractivity contribution in [1.82, 2.24) is 25.1 Å². The van der Waals surface area contributed by atoms with E-state index in [2.05, 4.69) is 49.3 Å². The fraction of sp³-hybridized carbons (Fsp3) is 0.417. The molecule has 0 aliphatic carbocycles. The van der Waals surface area contributed by atoms with E-state index in [1.165, 1.54) is 0 Å². The van der Waals surface area contributed by atoms with E-state index in [-0.39, 0.29) is 6.04 Å². The second-order valence-corrected chi connectivity index (χ2v) is 4.89. The third kappa shape index (κ3) is 2.94. The van der Waals surface area contributed by atoms with Crippen molar-refractivity contribution in [3.8, 4) is 0 Å². The monoisotopic (exact) mass is 309 g/mol. The lowest BCUT2D eigenvalue weighted by Crippen LogP contribution is -2.21. The Kier molecular flexibility index (Phi) is 4.43. The Bertz CT molecular complexity index is 511. The first kappa shape index (κ1) is 13.2. The van der Waals surface area contributed by atoms with E-state index in [0.717, 1.165) is 28.8 Å². The number of halogens is 1. The van der Waals surface area contributed by atoms with Gasteiger partial charge in [0.05, 0.1) is 0 Å². The van der Waals surface area contributed by atoms with Crippen LogP contribution in [0.5, 0.6) is 0 Å². The third-order valence-corrected chi connectivity index (χ3v) is 3.29. The van der Waals surface area contributed by atoms with Crippen LogP contribution in [-0.4, -0.2) is 26.8 Å². The van der Waals surface area contributed by atoms with Crippen molar-refractivity contribution >= 4 is 15.9 Å². The molecule has 1 unspecified atom stereocenters. The molecule has 2 heterocycles. The molecule has 0 fully saturated rings. The molecular weight excluding hydrogens is 294 g/mol. The molecule has 2 aromatic rings. The Morgan fingerprint density at radius 3 is 2.94 bits per heavy atom. The van der Waals surface area contributed by atoms with Crippen LogP contribution in [0.4, 0.5) is 0 Å². The molecule has 96 valence electrons. The fourth-order valence-corrected chi connectivity index (χ4v) is 2.28. The Balaban J connectivity index is 2.20. The van der Waals surface area contributed by atoms with Gasteiger partial charge in [-0.05, 0) is 41.5 Å². The molecule has 5 nitrogen and oxygen atoms in total. The molecule has 1 atom stereocenters. The molecular formula is C12H16BrN5. The van der Waals surface area contributed by atoms with Crippen LogP contribution in [0.25, 0.3) is 0 Å². The minimum absolute atomic E-state index is 0.185. The summed E-state index contributed by atoms with van der Waals surface area (Å²) in [6.45, 7) is 2.90. The van der Waals surface area contributed by atoms with Crippen LogP contribution in [-0.2, 0) is 13.0 Å². The van der Waals surface area contributed by atoms with Gasteiger partial charge < -0.3 is 5.32 Å². The summed E-state index contributed by atoms with van der Waals surface area (Å²) >= 11 is 3.44. The number of aryl methyl sites for hydroxylation is 1. The molecule has 0 saturated heterocycles. The lowest BCUT2D eigenvalue weighted by Gasteiger charge is -2.16. The van der Waals surface area contributed by atoms with E-state index in [0.29, 0.717) is 0 Å². The first-order valence-electron chi connectivity index (χ1n) is 5.89. The van der Waals surface area contributed by atoms with Gasteiger partial charge >= 0.3 is 0 Å². The molecule has 1 N–H and O–H groups in total. The maximum atomic E-state index is 4.30. The van der Waals surface area contributed by atoms with E-state index in [4.69, 9.17) is 0 Å². The molecule has 0 spiro atoms. The average Bonchev–Trinajstić information content (AvgIpc) is 2.83. The zero-order chi connectivity index (χ0) is 13.0. The van der Waals surface area contributed by atoms with E-state index in [1.54, 1.807) is 12.5 Å². The van der Waals surface area contributed by atoms with Crippen molar-refractivity contribution in [1.29, 1.82) is 0 Å². The average molecular weight is 310 g/mol. The molecule has 0 aromatic carbocycles. The van der Waals surface area contributed by atoms with Gasteiger partial charge in [0.25, 0.3) is 0 Å². The highest BCUT2D eigenvalue weighted by Gasteiger charge is 2.14. The summed E-state index contributed by atoms with van der Waals surface area (Å²) in [5.41, 5.74) is 1.14. The maximum Gasteiger partial charge on any atom is 0.138 e. The molecule has 0 radical (unpaired) electrons. The number of nitrogens with one attached hydrogen (secondary N) is 1. The highest BCUT2D eigenvalue weighted by molar-refractivity contribution is 9.10. The number of nitrogens with zero attached hydrogens (tertiary/aromatic N) is 4. The van der Waals surface area contributed by atoms with Crippen LogP contribution >= 0.6 is 15.9 Å². The third-order valence-electron chi connectivity index (χ3n) is 2.86. The highest BCUT2D eigenvalue weighted by Crippen LogP contribution is 2.19. The Labute approximate surface area is 115 Å². The zero-order valence-electron chi connectivity index (χ0n) is 10.5. The van der Waals surface area contributed by atoms with Gasteiger partial charge in [0.15, 0.2) is 0 Å². The Morgan fingerprint density at radius 2 is 2.28 bits per heavy atom. The van der Waals surface area contributed by atoms with Crippen molar-refractivity contribution in [2.24, 2.45) is 0 Å². The van der Waals surface area contributed by atoms with Crippen molar-refractivity contribution in [2.75, 3.05) is 7.05 Å². The minimum atomic E-state index is 0.185. The predicted molar refractivity (Wildman–Crippen MR) is 73.1 cm³/mol. The molecule has 2 aromatic heterocycles. The minimum Gasteiger partial charge on any atom is -0.313 e. The quantitative estimate of drug-likeness (QED) is 0.917. The predicted octanol–water partition coefficient (Wildman–Crippen LogP) is 1.96. The maximum absolute atomic E-state index is 4.30. The summed E-state index contributed by atoms with van der Waals surface area (Å²) < 4.78 is 2.90.